The number of amides is 1. The van der Waals surface area contributed by atoms with E-state index in [-0.39, 0.29) is 18.0 Å². The fraction of sp³-hybridized carbons (Fsp3) is 0.300. The first-order chi connectivity index (χ1) is 7.02. The molecule has 5 heteroatoms. The molecule has 1 amide bonds. The highest BCUT2D eigenvalue weighted by molar-refractivity contribution is 6.31. The first-order valence-electron chi connectivity index (χ1n) is 4.48. The predicted octanol–water partition coefficient (Wildman–Crippen LogP) is 1.44. The molecular formula is C10H12ClFN2O. The number of benzene rings is 1. The van der Waals surface area contributed by atoms with Crippen LogP contribution in [0.1, 0.15) is 12.5 Å². The Morgan fingerprint density at radius 1 is 1.67 bits per heavy atom. The fourth-order valence-corrected chi connectivity index (χ4v) is 1.27. The Labute approximate surface area is 92.4 Å². The third-order valence-electron chi connectivity index (χ3n) is 1.91. The molecule has 0 saturated carbocycles. The number of carbonyl (C=O) groups is 1. The standard InChI is InChI=1S/C10H12ClFN2O/c1-6(13)10(15)14-5-7-8(11)3-2-4-9(7)12/h2-4,6H,5,13H2,1H3,(H,14,15)/t6-/m1/s1. The quantitative estimate of drug-likeness (QED) is 0.826. The lowest BCUT2D eigenvalue weighted by atomic mass is 10.2. The van der Waals surface area contributed by atoms with Crippen molar-refractivity contribution in [3.63, 3.8) is 0 Å². The Bertz CT molecular complexity index is 348. The molecule has 1 atom stereocenters. The van der Waals surface area contributed by atoms with Crippen LogP contribution in [0.2, 0.25) is 5.02 Å². The van der Waals surface area contributed by atoms with Crippen LogP contribution in [-0.4, -0.2) is 11.9 Å². The normalized spacial score (nSPS) is 12.3. The third-order valence-corrected chi connectivity index (χ3v) is 2.27. The summed E-state index contributed by atoms with van der Waals surface area (Å²) in [6.45, 7) is 1.60. The molecule has 0 aliphatic heterocycles. The molecule has 82 valence electrons. The van der Waals surface area contributed by atoms with Gasteiger partial charge in [0.05, 0.1) is 6.04 Å². The van der Waals surface area contributed by atoms with Crippen molar-refractivity contribution in [2.45, 2.75) is 19.5 Å². The van der Waals surface area contributed by atoms with E-state index in [1.54, 1.807) is 13.0 Å². The number of carbonyl (C=O) groups excluding carboxylic acids is 1. The van der Waals surface area contributed by atoms with Crippen molar-refractivity contribution >= 4 is 17.5 Å². The maximum absolute atomic E-state index is 13.2. The van der Waals surface area contributed by atoms with Crippen LogP contribution in [0.3, 0.4) is 0 Å². The average molecular weight is 231 g/mol. The molecule has 0 radical (unpaired) electrons. The summed E-state index contributed by atoms with van der Waals surface area (Å²) in [7, 11) is 0. The maximum Gasteiger partial charge on any atom is 0.236 e. The topological polar surface area (TPSA) is 55.1 Å². The van der Waals surface area contributed by atoms with E-state index in [2.05, 4.69) is 5.32 Å². The number of halogens is 2. The van der Waals surface area contributed by atoms with Crippen LogP contribution < -0.4 is 11.1 Å². The molecule has 0 spiro atoms. The van der Waals surface area contributed by atoms with Crippen molar-refractivity contribution in [3.05, 3.63) is 34.6 Å². The highest BCUT2D eigenvalue weighted by atomic mass is 35.5. The van der Waals surface area contributed by atoms with Gasteiger partial charge in [0, 0.05) is 17.1 Å². The van der Waals surface area contributed by atoms with Crippen molar-refractivity contribution < 1.29 is 9.18 Å². The summed E-state index contributed by atoms with van der Waals surface area (Å²) in [5, 5.41) is 2.78. The summed E-state index contributed by atoms with van der Waals surface area (Å²) in [5.41, 5.74) is 5.61. The molecule has 0 aliphatic carbocycles. The van der Waals surface area contributed by atoms with Crippen molar-refractivity contribution in [2.75, 3.05) is 0 Å². The molecular weight excluding hydrogens is 219 g/mol. The molecule has 0 saturated heterocycles. The van der Waals surface area contributed by atoms with E-state index < -0.39 is 11.9 Å². The third kappa shape index (κ3) is 3.18. The van der Waals surface area contributed by atoms with E-state index in [0.29, 0.717) is 5.02 Å². The van der Waals surface area contributed by atoms with Gasteiger partial charge < -0.3 is 11.1 Å². The summed E-state index contributed by atoms with van der Waals surface area (Å²) in [6.07, 6.45) is 0. The molecule has 3 nitrogen and oxygen atoms in total. The molecule has 1 rings (SSSR count). The van der Waals surface area contributed by atoms with Gasteiger partial charge in [-0.3, -0.25) is 4.79 Å². The van der Waals surface area contributed by atoms with Crippen molar-refractivity contribution in [2.24, 2.45) is 5.73 Å². The number of rotatable bonds is 3. The summed E-state index contributed by atoms with van der Waals surface area (Å²) < 4.78 is 13.2. The van der Waals surface area contributed by atoms with Crippen LogP contribution in [0.15, 0.2) is 18.2 Å². The Balaban J connectivity index is 2.69. The second kappa shape index (κ2) is 5.09. The molecule has 0 heterocycles. The highest BCUT2D eigenvalue weighted by Crippen LogP contribution is 2.18. The van der Waals surface area contributed by atoms with Crippen LogP contribution in [0.4, 0.5) is 4.39 Å². The van der Waals surface area contributed by atoms with E-state index in [1.165, 1.54) is 12.1 Å². The van der Waals surface area contributed by atoms with Crippen LogP contribution in [0, 0.1) is 5.82 Å². The maximum atomic E-state index is 13.2. The Hall–Kier alpha value is -1.13. The lowest BCUT2D eigenvalue weighted by Crippen LogP contribution is -2.38. The summed E-state index contributed by atoms with van der Waals surface area (Å²) in [6, 6.07) is 3.75. The van der Waals surface area contributed by atoms with Gasteiger partial charge in [0.1, 0.15) is 5.82 Å². The van der Waals surface area contributed by atoms with Gasteiger partial charge in [-0.25, -0.2) is 4.39 Å². The Kier molecular flexibility index (Phi) is 4.05. The zero-order chi connectivity index (χ0) is 11.4. The van der Waals surface area contributed by atoms with Crippen molar-refractivity contribution in [3.8, 4) is 0 Å². The molecule has 15 heavy (non-hydrogen) atoms. The lowest BCUT2D eigenvalue weighted by molar-refractivity contribution is -0.122. The van der Waals surface area contributed by atoms with Gasteiger partial charge in [-0.1, -0.05) is 17.7 Å². The minimum absolute atomic E-state index is 0.0475. The molecule has 1 aromatic rings. The monoisotopic (exact) mass is 230 g/mol. The first-order valence-corrected chi connectivity index (χ1v) is 4.86. The first kappa shape index (κ1) is 11.9. The van der Waals surface area contributed by atoms with E-state index in [9.17, 15) is 9.18 Å². The summed E-state index contributed by atoms with van der Waals surface area (Å²) >= 11 is 5.77. The van der Waals surface area contributed by atoms with E-state index in [4.69, 9.17) is 17.3 Å². The molecule has 0 fully saturated rings. The van der Waals surface area contributed by atoms with Gasteiger partial charge in [-0.15, -0.1) is 0 Å². The largest absolute Gasteiger partial charge is 0.351 e. The Morgan fingerprint density at radius 2 is 2.33 bits per heavy atom. The summed E-state index contributed by atoms with van der Waals surface area (Å²) in [4.78, 5) is 11.1. The van der Waals surface area contributed by atoms with E-state index in [1.807, 2.05) is 0 Å². The number of hydrogen-bond acceptors (Lipinski definition) is 2. The molecule has 1 aromatic carbocycles. The van der Waals surface area contributed by atoms with Crippen molar-refractivity contribution in [1.29, 1.82) is 0 Å². The average Bonchev–Trinajstić information content (AvgIpc) is 2.16. The molecule has 0 unspecified atom stereocenters. The van der Waals surface area contributed by atoms with Gasteiger partial charge in [0.2, 0.25) is 5.91 Å². The zero-order valence-corrected chi connectivity index (χ0v) is 9.01. The van der Waals surface area contributed by atoms with Crippen LogP contribution in [-0.2, 0) is 11.3 Å². The zero-order valence-electron chi connectivity index (χ0n) is 8.26. The molecule has 0 aliphatic rings. The molecule has 3 N–H and O–H groups in total. The minimum Gasteiger partial charge on any atom is -0.351 e. The van der Waals surface area contributed by atoms with Crippen LogP contribution >= 0.6 is 11.6 Å². The number of nitrogens with one attached hydrogen (secondary N) is 1. The summed E-state index contributed by atoms with van der Waals surface area (Å²) in [5.74, 6) is -0.776. The SMILES string of the molecule is C[C@@H](N)C(=O)NCc1c(F)cccc1Cl. The highest BCUT2D eigenvalue weighted by Gasteiger charge is 2.10. The van der Waals surface area contributed by atoms with Gasteiger partial charge in [0.25, 0.3) is 0 Å². The van der Waals surface area contributed by atoms with Crippen LogP contribution in [0.5, 0.6) is 0 Å². The lowest BCUT2D eigenvalue weighted by Gasteiger charge is -2.09. The van der Waals surface area contributed by atoms with Gasteiger partial charge >= 0.3 is 0 Å². The predicted molar refractivity (Wildman–Crippen MR) is 56.9 cm³/mol. The minimum atomic E-state index is -0.615. The van der Waals surface area contributed by atoms with E-state index >= 15 is 0 Å². The van der Waals surface area contributed by atoms with Gasteiger partial charge in [-0.05, 0) is 19.1 Å². The number of nitrogens with two attached hydrogens (primary N) is 1. The number of hydrogen-bond donors (Lipinski definition) is 2. The second-order valence-electron chi connectivity index (χ2n) is 3.21. The fourth-order valence-electron chi connectivity index (χ4n) is 1.04. The van der Waals surface area contributed by atoms with Gasteiger partial charge in [0.15, 0.2) is 0 Å². The second-order valence-corrected chi connectivity index (χ2v) is 3.61. The van der Waals surface area contributed by atoms with Crippen LogP contribution in [0.25, 0.3) is 0 Å². The van der Waals surface area contributed by atoms with E-state index in [0.717, 1.165) is 0 Å². The smallest absolute Gasteiger partial charge is 0.236 e. The van der Waals surface area contributed by atoms with Crippen molar-refractivity contribution in [1.82, 2.24) is 5.32 Å². The Morgan fingerprint density at radius 3 is 2.87 bits per heavy atom. The van der Waals surface area contributed by atoms with Gasteiger partial charge in [-0.2, -0.15) is 0 Å². The molecule has 0 bridgehead atoms. The molecule has 0 aromatic heterocycles.